The van der Waals surface area contributed by atoms with E-state index < -0.39 is 18.0 Å². The zero-order valence-corrected chi connectivity index (χ0v) is 22.2. The molecule has 0 aromatic heterocycles. The highest BCUT2D eigenvalue weighted by Gasteiger charge is 2.38. The summed E-state index contributed by atoms with van der Waals surface area (Å²) in [6.45, 7) is 3.04. The first kappa shape index (κ1) is 26.3. The van der Waals surface area contributed by atoms with E-state index in [1.165, 1.54) is 0 Å². The number of amidine groups is 1. The molecule has 1 unspecified atom stereocenters. The number of aliphatic imine (C=N–C) groups is 1. The molecule has 0 spiro atoms. The van der Waals surface area contributed by atoms with E-state index in [0.29, 0.717) is 34.3 Å². The number of fused-ring (bicyclic) bond motifs is 1. The Labute approximate surface area is 224 Å². The zero-order valence-electron chi connectivity index (χ0n) is 19.8. The van der Waals surface area contributed by atoms with Crippen molar-refractivity contribution in [3.05, 3.63) is 69.3 Å². The number of esters is 1. The van der Waals surface area contributed by atoms with Crippen molar-refractivity contribution in [3.63, 3.8) is 0 Å². The van der Waals surface area contributed by atoms with Crippen LogP contribution in [0.25, 0.3) is 0 Å². The Kier molecular flexibility index (Phi) is 8.79. The molecule has 8 nitrogen and oxygen atoms in total. The Morgan fingerprint density at radius 2 is 1.97 bits per heavy atom. The number of ether oxygens (including phenoxy) is 2. The predicted molar refractivity (Wildman–Crippen MR) is 145 cm³/mol. The van der Waals surface area contributed by atoms with Crippen LogP contribution in [-0.2, 0) is 14.3 Å². The normalized spacial score (nSPS) is 17.3. The summed E-state index contributed by atoms with van der Waals surface area (Å²) < 4.78 is 10.5. The summed E-state index contributed by atoms with van der Waals surface area (Å²) in [5, 5.41) is 7.03. The molecule has 2 amide bonds. The van der Waals surface area contributed by atoms with Gasteiger partial charge in [-0.25, -0.2) is 14.6 Å². The summed E-state index contributed by atoms with van der Waals surface area (Å²) in [5.74, 6) is 0.538. The van der Waals surface area contributed by atoms with E-state index in [1.54, 1.807) is 43.1 Å². The Hall–Kier alpha value is -2.72. The summed E-state index contributed by atoms with van der Waals surface area (Å²) in [6.07, 6.45) is 0.964. The van der Waals surface area contributed by atoms with Gasteiger partial charge in [-0.15, -0.1) is 0 Å². The van der Waals surface area contributed by atoms with Crippen molar-refractivity contribution in [1.82, 2.24) is 4.90 Å². The molecule has 2 heterocycles. The van der Waals surface area contributed by atoms with Crippen LogP contribution in [0.15, 0.2) is 58.7 Å². The van der Waals surface area contributed by atoms with Crippen molar-refractivity contribution in [2.75, 3.05) is 43.3 Å². The van der Waals surface area contributed by atoms with Crippen molar-refractivity contribution in [2.45, 2.75) is 19.4 Å². The van der Waals surface area contributed by atoms with Crippen LogP contribution in [-0.4, -0.2) is 54.7 Å². The van der Waals surface area contributed by atoms with E-state index >= 15 is 0 Å². The van der Waals surface area contributed by atoms with E-state index in [0.717, 1.165) is 29.4 Å². The van der Waals surface area contributed by atoms with Gasteiger partial charge >= 0.3 is 12.0 Å². The molecule has 0 aliphatic carbocycles. The van der Waals surface area contributed by atoms with Gasteiger partial charge in [-0.3, -0.25) is 0 Å². The van der Waals surface area contributed by atoms with Crippen LogP contribution in [0.4, 0.5) is 16.2 Å². The standard InChI is InChI=1S/C25H26Cl2N4O4S/c1-15-20(23(32)35-12-11-34-2)22(31-10-5-13-36-25(31)28-15)16-6-3-7-17(14-16)29-24(33)30-19-9-4-8-18(26)21(19)27/h3-4,6-9,14,22H,5,10-13H2,1-2H3,(H2,29,30,33). The van der Waals surface area contributed by atoms with Crippen LogP contribution >= 0.6 is 35.0 Å². The summed E-state index contributed by atoms with van der Waals surface area (Å²) >= 11 is 13.9. The van der Waals surface area contributed by atoms with Crippen LogP contribution in [0.5, 0.6) is 0 Å². The number of amides is 2. The number of carbonyl (C=O) groups is 2. The maximum Gasteiger partial charge on any atom is 0.338 e. The maximum absolute atomic E-state index is 13.1. The highest BCUT2D eigenvalue weighted by Crippen LogP contribution is 2.40. The van der Waals surface area contributed by atoms with Crippen LogP contribution in [0.3, 0.4) is 0 Å². The van der Waals surface area contributed by atoms with E-state index in [-0.39, 0.29) is 11.6 Å². The zero-order chi connectivity index (χ0) is 25.7. The van der Waals surface area contributed by atoms with Gasteiger partial charge in [0.25, 0.3) is 0 Å². The molecule has 0 bridgehead atoms. The number of nitrogens with one attached hydrogen (secondary N) is 2. The molecule has 2 aromatic rings. The van der Waals surface area contributed by atoms with E-state index in [1.807, 2.05) is 25.1 Å². The molecule has 2 aliphatic rings. The average Bonchev–Trinajstić information content (AvgIpc) is 2.86. The quantitative estimate of drug-likeness (QED) is 0.328. The molecule has 4 rings (SSSR count). The Morgan fingerprint density at radius 1 is 1.17 bits per heavy atom. The van der Waals surface area contributed by atoms with Crippen molar-refractivity contribution in [1.29, 1.82) is 0 Å². The first-order chi connectivity index (χ1) is 17.4. The molecule has 190 valence electrons. The Bertz CT molecular complexity index is 1220. The van der Waals surface area contributed by atoms with Gasteiger partial charge in [0.2, 0.25) is 0 Å². The van der Waals surface area contributed by atoms with Gasteiger partial charge in [0.15, 0.2) is 5.17 Å². The van der Waals surface area contributed by atoms with Crippen molar-refractivity contribution in [3.8, 4) is 0 Å². The smallest absolute Gasteiger partial charge is 0.338 e. The second-order valence-corrected chi connectivity index (χ2v) is 9.97. The molecule has 1 saturated heterocycles. The maximum atomic E-state index is 13.1. The van der Waals surface area contributed by atoms with E-state index in [9.17, 15) is 9.59 Å². The number of hydrogen-bond acceptors (Lipinski definition) is 7. The topological polar surface area (TPSA) is 92.3 Å². The molecule has 0 radical (unpaired) electrons. The number of urea groups is 1. The van der Waals surface area contributed by atoms with Gasteiger partial charge < -0.3 is 25.0 Å². The lowest BCUT2D eigenvalue weighted by molar-refractivity contribution is -0.141. The van der Waals surface area contributed by atoms with Crippen molar-refractivity contribution < 1.29 is 19.1 Å². The van der Waals surface area contributed by atoms with E-state index in [4.69, 9.17) is 37.7 Å². The minimum absolute atomic E-state index is 0.151. The van der Waals surface area contributed by atoms with Crippen molar-refractivity contribution >= 4 is 63.5 Å². The Balaban J connectivity index is 1.60. The van der Waals surface area contributed by atoms with Gasteiger partial charge in [-0.1, -0.05) is 53.2 Å². The molecular weight excluding hydrogens is 523 g/mol. The average molecular weight is 549 g/mol. The molecule has 2 aromatic carbocycles. The molecule has 2 N–H and O–H groups in total. The largest absolute Gasteiger partial charge is 0.460 e. The van der Waals surface area contributed by atoms with Gasteiger partial charge in [0, 0.05) is 25.1 Å². The Morgan fingerprint density at radius 3 is 2.78 bits per heavy atom. The monoisotopic (exact) mass is 548 g/mol. The first-order valence-electron chi connectivity index (χ1n) is 11.4. The third-order valence-electron chi connectivity index (χ3n) is 5.66. The summed E-state index contributed by atoms with van der Waals surface area (Å²) in [6, 6.07) is 11.5. The van der Waals surface area contributed by atoms with Crippen LogP contribution in [0, 0.1) is 0 Å². The minimum Gasteiger partial charge on any atom is -0.460 e. The lowest BCUT2D eigenvalue weighted by Gasteiger charge is -2.40. The van der Waals surface area contributed by atoms with Gasteiger partial charge in [0.05, 0.1) is 39.7 Å². The summed E-state index contributed by atoms with van der Waals surface area (Å²) in [7, 11) is 1.55. The predicted octanol–water partition coefficient (Wildman–Crippen LogP) is 5.95. The molecule has 36 heavy (non-hydrogen) atoms. The van der Waals surface area contributed by atoms with Gasteiger partial charge in [-0.2, -0.15) is 0 Å². The molecule has 1 fully saturated rings. The lowest BCUT2D eigenvalue weighted by Crippen LogP contribution is -2.42. The van der Waals surface area contributed by atoms with E-state index in [2.05, 4.69) is 15.5 Å². The SMILES string of the molecule is COCCOC(=O)C1=C(C)N=C2SCCCN2C1c1cccc(NC(=O)Nc2cccc(Cl)c2Cl)c1. The number of thioether (sulfide) groups is 1. The van der Waals surface area contributed by atoms with Crippen LogP contribution in [0.1, 0.15) is 24.9 Å². The number of nitrogens with zero attached hydrogens (tertiary/aromatic N) is 2. The number of rotatable bonds is 7. The second-order valence-electron chi connectivity index (χ2n) is 8.13. The fourth-order valence-electron chi connectivity index (χ4n) is 4.04. The third kappa shape index (κ3) is 5.98. The number of carbonyl (C=O) groups excluding carboxylic acids is 2. The highest BCUT2D eigenvalue weighted by atomic mass is 35.5. The molecule has 11 heteroatoms. The van der Waals surface area contributed by atoms with Crippen LogP contribution in [0.2, 0.25) is 10.0 Å². The number of allylic oxidation sites excluding steroid dienone is 1. The van der Waals surface area contributed by atoms with Gasteiger partial charge in [-0.05, 0) is 43.2 Å². The first-order valence-corrected chi connectivity index (χ1v) is 13.1. The number of halogens is 2. The third-order valence-corrected chi connectivity index (χ3v) is 7.55. The molecule has 2 aliphatic heterocycles. The molecular formula is C25H26Cl2N4O4S. The minimum atomic E-state index is -0.471. The molecule has 0 saturated carbocycles. The fraction of sp³-hybridized carbons (Fsp3) is 0.320. The molecule has 1 atom stereocenters. The number of benzene rings is 2. The summed E-state index contributed by atoms with van der Waals surface area (Å²) in [4.78, 5) is 32.6. The van der Waals surface area contributed by atoms with Crippen LogP contribution < -0.4 is 10.6 Å². The summed E-state index contributed by atoms with van der Waals surface area (Å²) in [5.41, 5.74) is 2.89. The lowest BCUT2D eigenvalue weighted by atomic mass is 9.94. The number of methoxy groups -OCH3 is 1. The van der Waals surface area contributed by atoms with Gasteiger partial charge in [0.1, 0.15) is 6.61 Å². The fourth-order valence-corrected chi connectivity index (χ4v) is 5.41. The second kappa shape index (κ2) is 12.0. The highest BCUT2D eigenvalue weighted by molar-refractivity contribution is 8.13. The van der Waals surface area contributed by atoms with Crippen molar-refractivity contribution in [2.24, 2.45) is 4.99 Å². The number of anilines is 2. The number of hydrogen-bond donors (Lipinski definition) is 2.